The fourth-order valence-electron chi connectivity index (χ4n) is 3.54. The van der Waals surface area contributed by atoms with Crippen LogP contribution in [0.25, 0.3) is 0 Å². The van der Waals surface area contributed by atoms with Crippen LogP contribution in [0, 0.1) is 0 Å². The van der Waals surface area contributed by atoms with Crippen molar-refractivity contribution in [3.8, 4) is 5.75 Å². The Morgan fingerprint density at radius 1 is 1.19 bits per heavy atom. The first-order valence-corrected chi connectivity index (χ1v) is 9.29. The normalized spacial score (nSPS) is 16.5. The van der Waals surface area contributed by atoms with Gasteiger partial charge < -0.3 is 14.7 Å². The van der Waals surface area contributed by atoms with Crippen LogP contribution < -0.4 is 0 Å². The van der Waals surface area contributed by atoms with Gasteiger partial charge in [-0.2, -0.15) is 0 Å². The van der Waals surface area contributed by atoms with Crippen LogP contribution in [0.2, 0.25) is 5.02 Å². The van der Waals surface area contributed by atoms with Gasteiger partial charge in [-0.05, 0) is 48.2 Å². The highest BCUT2D eigenvalue weighted by molar-refractivity contribution is 6.30. The molecule has 0 bridgehead atoms. The number of carbonyl (C=O) groups excluding carboxylic acids is 1. The van der Waals surface area contributed by atoms with Gasteiger partial charge in [0.2, 0.25) is 5.91 Å². The Hall–Kier alpha value is -2.04. The minimum atomic E-state index is -0.145. The highest BCUT2D eigenvalue weighted by Crippen LogP contribution is 2.32. The molecule has 0 spiro atoms. The van der Waals surface area contributed by atoms with E-state index in [0.29, 0.717) is 11.4 Å². The van der Waals surface area contributed by atoms with Crippen LogP contribution in [-0.4, -0.2) is 42.2 Å². The Labute approximate surface area is 159 Å². The van der Waals surface area contributed by atoms with Crippen LogP contribution in [0.1, 0.15) is 36.3 Å². The number of piperidine rings is 1. The zero-order chi connectivity index (χ0) is 18.5. The van der Waals surface area contributed by atoms with Crippen molar-refractivity contribution in [2.24, 2.45) is 0 Å². The Morgan fingerprint density at radius 3 is 2.46 bits per heavy atom. The van der Waals surface area contributed by atoms with E-state index in [1.54, 1.807) is 25.3 Å². The fourth-order valence-corrected chi connectivity index (χ4v) is 3.74. The van der Waals surface area contributed by atoms with Gasteiger partial charge in [0.05, 0.1) is 6.10 Å². The number of aromatic hydroxyl groups is 1. The SMILES string of the molecule is COC1CCN(C(=O)CC(c2cccc(O)c2)c2cccc(Cl)c2)CC1. The number of hydrogen-bond acceptors (Lipinski definition) is 3. The summed E-state index contributed by atoms with van der Waals surface area (Å²) in [5.74, 6) is 0.171. The lowest BCUT2D eigenvalue weighted by atomic mass is 9.87. The molecule has 3 rings (SSSR count). The quantitative estimate of drug-likeness (QED) is 0.854. The summed E-state index contributed by atoms with van der Waals surface area (Å²) in [4.78, 5) is 14.8. The molecule has 26 heavy (non-hydrogen) atoms. The number of likely N-dealkylation sites (tertiary alicyclic amines) is 1. The minimum Gasteiger partial charge on any atom is -0.508 e. The van der Waals surface area contributed by atoms with E-state index in [9.17, 15) is 9.90 Å². The van der Waals surface area contributed by atoms with E-state index >= 15 is 0 Å². The molecule has 2 aromatic carbocycles. The number of carbonyl (C=O) groups is 1. The number of amides is 1. The summed E-state index contributed by atoms with van der Waals surface area (Å²) < 4.78 is 5.38. The number of rotatable bonds is 5. The van der Waals surface area contributed by atoms with E-state index in [1.165, 1.54) is 0 Å². The van der Waals surface area contributed by atoms with Gasteiger partial charge in [-0.1, -0.05) is 35.9 Å². The summed E-state index contributed by atoms with van der Waals surface area (Å²) in [6.07, 6.45) is 2.34. The van der Waals surface area contributed by atoms with E-state index in [1.807, 2.05) is 35.2 Å². The van der Waals surface area contributed by atoms with Crippen LogP contribution in [0.5, 0.6) is 5.75 Å². The van der Waals surface area contributed by atoms with Crippen molar-refractivity contribution in [2.75, 3.05) is 20.2 Å². The number of methoxy groups -OCH3 is 1. The van der Waals surface area contributed by atoms with E-state index in [0.717, 1.165) is 37.1 Å². The van der Waals surface area contributed by atoms with Crippen molar-refractivity contribution in [1.82, 2.24) is 4.90 Å². The lowest BCUT2D eigenvalue weighted by Gasteiger charge is -2.32. The second-order valence-electron chi connectivity index (χ2n) is 6.72. The van der Waals surface area contributed by atoms with Crippen molar-refractivity contribution in [3.63, 3.8) is 0 Å². The van der Waals surface area contributed by atoms with Crippen molar-refractivity contribution in [3.05, 3.63) is 64.7 Å². The topological polar surface area (TPSA) is 49.8 Å². The Morgan fingerprint density at radius 2 is 1.85 bits per heavy atom. The Balaban J connectivity index is 1.81. The number of hydrogen-bond donors (Lipinski definition) is 1. The van der Waals surface area contributed by atoms with Crippen LogP contribution in [-0.2, 0) is 9.53 Å². The fraction of sp³-hybridized carbons (Fsp3) is 0.381. The summed E-state index contributed by atoms with van der Waals surface area (Å²) in [7, 11) is 1.72. The standard InChI is InChI=1S/C21H24ClNO3/c1-26-19-8-10-23(11-9-19)21(25)14-20(15-4-2-6-17(22)12-15)16-5-3-7-18(24)13-16/h2-7,12-13,19-20,24H,8-11,14H2,1H3. The van der Waals surface area contributed by atoms with Crippen LogP contribution in [0.3, 0.4) is 0 Å². The van der Waals surface area contributed by atoms with Gasteiger partial charge in [0.15, 0.2) is 0 Å². The maximum absolute atomic E-state index is 12.9. The molecule has 4 nitrogen and oxygen atoms in total. The predicted octanol–water partition coefficient (Wildman–Crippen LogP) is 4.21. The van der Waals surface area contributed by atoms with Gasteiger partial charge in [0.25, 0.3) is 0 Å². The van der Waals surface area contributed by atoms with Crippen LogP contribution >= 0.6 is 11.6 Å². The molecular formula is C21H24ClNO3. The summed E-state index contributed by atoms with van der Waals surface area (Å²) in [6, 6.07) is 14.7. The second kappa shape index (κ2) is 8.56. The third-order valence-electron chi connectivity index (χ3n) is 5.03. The van der Waals surface area contributed by atoms with Gasteiger partial charge in [-0.25, -0.2) is 0 Å². The van der Waals surface area contributed by atoms with Gasteiger partial charge in [-0.15, -0.1) is 0 Å². The van der Waals surface area contributed by atoms with Crippen molar-refractivity contribution in [1.29, 1.82) is 0 Å². The molecule has 1 unspecified atom stereocenters. The molecule has 0 aromatic heterocycles. The molecule has 0 aliphatic carbocycles. The highest BCUT2D eigenvalue weighted by Gasteiger charge is 2.26. The monoisotopic (exact) mass is 373 g/mol. The van der Waals surface area contributed by atoms with E-state index < -0.39 is 0 Å². The summed E-state index contributed by atoms with van der Waals surface area (Å²) >= 11 is 6.17. The van der Waals surface area contributed by atoms with Gasteiger partial charge in [0.1, 0.15) is 5.75 Å². The molecule has 1 N–H and O–H groups in total. The first kappa shape index (κ1) is 18.7. The molecule has 1 fully saturated rings. The Bertz CT molecular complexity index is 711. The van der Waals surface area contributed by atoms with Gasteiger partial charge in [0, 0.05) is 37.6 Å². The highest BCUT2D eigenvalue weighted by atomic mass is 35.5. The second-order valence-corrected chi connectivity index (χ2v) is 7.16. The minimum absolute atomic E-state index is 0.118. The number of halogens is 1. The molecule has 5 heteroatoms. The number of phenolic OH excluding ortho intramolecular Hbond substituents is 1. The van der Waals surface area contributed by atoms with E-state index in [2.05, 4.69) is 0 Å². The maximum Gasteiger partial charge on any atom is 0.223 e. The van der Waals surface area contributed by atoms with Crippen molar-refractivity contribution >= 4 is 17.5 Å². The smallest absolute Gasteiger partial charge is 0.223 e. The van der Waals surface area contributed by atoms with Gasteiger partial charge >= 0.3 is 0 Å². The third kappa shape index (κ3) is 4.57. The molecule has 1 aliphatic rings. The number of nitrogens with zero attached hydrogens (tertiary/aromatic N) is 1. The number of phenols is 1. The zero-order valence-corrected chi connectivity index (χ0v) is 15.7. The molecule has 1 aliphatic heterocycles. The first-order valence-electron chi connectivity index (χ1n) is 8.92. The Kier molecular flexibility index (Phi) is 6.17. The molecule has 138 valence electrons. The molecule has 0 saturated carbocycles. The number of ether oxygens (including phenoxy) is 1. The average Bonchev–Trinajstić information content (AvgIpc) is 2.66. The van der Waals surface area contributed by atoms with Crippen LogP contribution in [0.4, 0.5) is 0 Å². The lowest BCUT2D eigenvalue weighted by molar-refractivity contribution is -0.133. The van der Waals surface area contributed by atoms with Crippen molar-refractivity contribution < 1.29 is 14.6 Å². The molecule has 1 heterocycles. The molecular weight excluding hydrogens is 350 g/mol. The van der Waals surface area contributed by atoms with Crippen LogP contribution in [0.15, 0.2) is 48.5 Å². The summed E-state index contributed by atoms with van der Waals surface area (Å²) in [6.45, 7) is 1.44. The maximum atomic E-state index is 12.9. The molecule has 0 radical (unpaired) electrons. The largest absolute Gasteiger partial charge is 0.508 e. The molecule has 1 atom stereocenters. The third-order valence-corrected chi connectivity index (χ3v) is 5.27. The van der Waals surface area contributed by atoms with Crippen molar-refractivity contribution in [2.45, 2.75) is 31.3 Å². The van der Waals surface area contributed by atoms with Gasteiger partial charge in [-0.3, -0.25) is 4.79 Å². The molecule has 2 aromatic rings. The molecule has 1 saturated heterocycles. The summed E-state index contributed by atoms with van der Waals surface area (Å²) in [5.41, 5.74) is 1.88. The molecule has 1 amide bonds. The van der Waals surface area contributed by atoms with E-state index in [-0.39, 0.29) is 23.7 Å². The summed E-state index contributed by atoms with van der Waals surface area (Å²) in [5, 5.41) is 10.5. The predicted molar refractivity (Wildman–Crippen MR) is 103 cm³/mol. The lowest BCUT2D eigenvalue weighted by Crippen LogP contribution is -2.41. The van der Waals surface area contributed by atoms with E-state index in [4.69, 9.17) is 16.3 Å². The first-order chi connectivity index (χ1) is 12.6. The average molecular weight is 374 g/mol. The zero-order valence-electron chi connectivity index (χ0n) is 14.9. The number of benzene rings is 2.